The average Bonchev–Trinajstić information content (AvgIpc) is 2.93. The zero-order valence-electron chi connectivity index (χ0n) is 23.5. The molecule has 13 nitrogen and oxygen atoms in total. The summed E-state index contributed by atoms with van der Waals surface area (Å²) in [7, 11) is -7.09. The molecule has 0 aromatic heterocycles. The van der Waals surface area contributed by atoms with Gasteiger partial charge in [0.05, 0.1) is 27.6 Å². The molecule has 0 saturated heterocycles. The number of carbonyl (C=O) groups is 1. The van der Waals surface area contributed by atoms with Gasteiger partial charge in [-0.2, -0.15) is 18.2 Å². The lowest BCUT2D eigenvalue weighted by Gasteiger charge is -2.19. The number of aryl methyl sites for hydroxylation is 1. The third-order valence-electron chi connectivity index (χ3n) is 5.82. The standard InChI is InChI=1S/C27H29BrN4O9S2/c1-17(2)13-24(31-42(36,37)21-9-5-18(3)6-10-21)27(33)30-29-16-19-14-23(28)26(25(15-19)40-4)41-43(38,39)22-11-7-20(8-12-22)32(34)35/h5-12,14-17,24,31H,13H2,1-4H3,(H,30,33)/b29-16-/t24-/m0/s1. The summed E-state index contributed by atoms with van der Waals surface area (Å²) < 4.78 is 64.5. The lowest BCUT2D eigenvalue weighted by Crippen LogP contribution is -2.46. The minimum absolute atomic E-state index is 0.00354. The van der Waals surface area contributed by atoms with Crippen molar-refractivity contribution in [1.82, 2.24) is 10.1 Å². The number of hydrogen-bond donors (Lipinski definition) is 2. The molecule has 0 unspecified atom stereocenters. The van der Waals surface area contributed by atoms with Crippen LogP contribution >= 0.6 is 15.9 Å². The first kappa shape index (κ1) is 33.6. The van der Waals surface area contributed by atoms with Crippen LogP contribution in [0.2, 0.25) is 0 Å². The van der Waals surface area contributed by atoms with Gasteiger partial charge in [-0.15, -0.1) is 0 Å². The van der Waals surface area contributed by atoms with Crippen LogP contribution in [0.15, 0.2) is 80.0 Å². The second-order valence-electron chi connectivity index (χ2n) is 9.67. The van der Waals surface area contributed by atoms with Crippen LogP contribution in [0.3, 0.4) is 0 Å². The van der Waals surface area contributed by atoms with E-state index in [1.165, 1.54) is 37.6 Å². The molecular formula is C27H29BrN4O9S2. The van der Waals surface area contributed by atoms with Crippen molar-refractivity contribution < 1.29 is 35.5 Å². The molecule has 3 aromatic rings. The van der Waals surface area contributed by atoms with E-state index in [2.05, 4.69) is 31.2 Å². The molecule has 16 heteroatoms. The lowest BCUT2D eigenvalue weighted by atomic mass is 10.0. The van der Waals surface area contributed by atoms with E-state index in [1.54, 1.807) is 12.1 Å². The predicted octanol–water partition coefficient (Wildman–Crippen LogP) is 4.29. The van der Waals surface area contributed by atoms with E-state index in [1.807, 2.05) is 20.8 Å². The number of nitrogens with zero attached hydrogens (tertiary/aromatic N) is 2. The van der Waals surface area contributed by atoms with Crippen LogP contribution in [-0.4, -0.2) is 47.0 Å². The largest absolute Gasteiger partial charge is 0.493 e. The number of amides is 1. The van der Waals surface area contributed by atoms with Crippen molar-refractivity contribution in [3.8, 4) is 11.5 Å². The van der Waals surface area contributed by atoms with Crippen molar-refractivity contribution >= 4 is 53.9 Å². The van der Waals surface area contributed by atoms with Gasteiger partial charge < -0.3 is 8.92 Å². The Hall–Kier alpha value is -3.86. The molecule has 0 bridgehead atoms. The molecule has 43 heavy (non-hydrogen) atoms. The number of methoxy groups -OCH3 is 1. The van der Waals surface area contributed by atoms with E-state index in [4.69, 9.17) is 8.92 Å². The Labute approximate surface area is 257 Å². The number of hydrazone groups is 1. The van der Waals surface area contributed by atoms with E-state index in [0.717, 1.165) is 29.8 Å². The number of sulfonamides is 1. The number of non-ortho nitro benzene ring substituents is 1. The number of carbonyl (C=O) groups excluding carboxylic acids is 1. The van der Waals surface area contributed by atoms with Crippen molar-refractivity contribution in [2.24, 2.45) is 11.0 Å². The Balaban J connectivity index is 1.77. The van der Waals surface area contributed by atoms with E-state index in [9.17, 15) is 31.7 Å². The molecule has 1 amide bonds. The van der Waals surface area contributed by atoms with E-state index >= 15 is 0 Å². The third-order valence-corrected chi connectivity index (χ3v) is 9.13. The molecule has 0 spiro atoms. The first-order valence-corrected chi connectivity index (χ1v) is 16.3. The second kappa shape index (κ2) is 14.1. The molecule has 0 radical (unpaired) electrons. The van der Waals surface area contributed by atoms with Crippen LogP contribution < -0.4 is 19.1 Å². The fraction of sp³-hybridized carbons (Fsp3) is 0.259. The lowest BCUT2D eigenvalue weighted by molar-refractivity contribution is -0.384. The zero-order chi connectivity index (χ0) is 31.9. The third kappa shape index (κ3) is 9.06. The van der Waals surface area contributed by atoms with Crippen molar-refractivity contribution in [2.45, 2.75) is 43.0 Å². The van der Waals surface area contributed by atoms with Gasteiger partial charge in [-0.05, 0) is 77.2 Å². The molecule has 0 aliphatic carbocycles. The molecule has 1 atom stereocenters. The topological polar surface area (TPSA) is 183 Å². The Morgan fingerprint density at radius 1 is 1.05 bits per heavy atom. The van der Waals surface area contributed by atoms with Crippen LogP contribution in [-0.2, 0) is 24.9 Å². The second-order valence-corrected chi connectivity index (χ2v) is 13.8. The number of benzene rings is 3. The Morgan fingerprint density at radius 2 is 1.65 bits per heavy atom. The first-order valence-electron chi connectivity index (χ1n) is 12.6. The monoisotopic (exact) mass is 696 g/mol. The highest BCUT2D eigenvalue weighted by Crippen LogP contribution is 2.38. The number of nitro benzene ring substituents is 1. The normalized spacial score (nSPS) is 12.7. The van der Waals surface area contributed by atoms with Gasteiger partial charge in [-0.3, -0.25) is 14.9 Å². The van der Waals surface area contributed by atoms with Gasteiger partial charge in [-0.25, -0.2) is 13.8 Å². The minimum Gasteiger partial charge on any atom is -0.493 e. The van der Waals surface area contributed by atoms with Crippen molar-refractivity contribution in [3.63, 3.8) is 0 Å². The van der Waals surface area contributed by atoms with Crippen molar-refractivity contribution in [2.75, 3.05) is 7.11 Å². The molecule has 0 heterocycles. The average molecular weight is 698 g/mol. The summed E-state index contributed by atoms with van der Waals surface area (Å²) in [5, 5.41) is 14.8. The summed E-state index contributed by atoms with van der Waals surface area (Å²) in [6, 6.07) is 12.1. The highest BCUT2D eigenvalue weighted by molar-refractivity contribution is 9.10. The van der Waals surface area contributed by atoms with Crippen LogP contribution in [0.1, 0.15) is 31.4 Å². The Morgan fingerprint density at radius 3 is 2.21 bits per heavy atom. The summed E-state index contributed by atoms with van der Waals surface area (Å²) in [4.78, 5) is 22.8. The van der Waals surface area contributed by atoms with Crippen LogP contribution in [0, 0.1) is 23.0 Å². The van der Waals surface area contributed by atoms with Gasteiger partial charge in [0, 0.05) is 12.1 Å². The number of ether oxygens (including phenoxy) is 1. The van der Waals surface area contributed by atoms with Crippen LogP contribution in [0.4, 0.5) is 5.69 Å². The number of nitro groups is 1. The Bertz CT molecular complexity index is 1730. The maximum absolute atomic E-state index is 12.9. The number of halogens is 1. The number of rotatable bonds is 13. The maximum Gasteiger partial charge on any atom is 0.339 e. The highest BCUT2D eigenvalue weighted by Gasteiger charge is 2.27. The van der Waals surface area contributed by atoms with Crippen LogP contribution in [0.25, 0.3) is 0 Å². The molecule has 0 saturated carbocycles. The SMILES string of the molecule is COc1cc(/C=N\NC(=O)[C@H](CC(C)C)NS(=O)(=O)c2ccc(C)cc2)cc(Br)c1OS(=O)(=O)c1ccc([N+](=O)[O-])cc1. The van der Waals surface area contributed by atoms with Crippen LogP contribution in [0.5, 0.6) is 11.5 Å². The molecule has 0 aliphatic heterocycles. The maximum atomic E-state index is 12.9. The highest BCUT2D eigenvalue weighted by atomic mass is 79.9. The molecule has 0 aliphatic rings. The van der Waals surface area contributed by atoms with Crippen molar-refractivity contribution in [1.29, 1.82) is 0 Å². The summed E-state index contributed by atoms with van der Waals surface area (Å²) in [6.45, 7) is 5.52. The summed E-state index contributed by atoms with van der Waals surface area (Å²) in [5.74, 6) is -0.892. The number of hydrogen-bond acceptors (Lipinski definition) is 10. The van der Waals surface area contributed by atoms with Crippen molar-refractivity contribution in [3.05, 3.63) is 86.4 Å². The quantitative estimate of drug-likeness (QED) is 0.114. The van der Waals surface area contributed by atoms with Gasteiger partial charge in [0.15, 0.2) is 11.5 Å². The smallest absolute Gasteiger partial charge is 0.339 e. The van der Waals surface area contributed by atoms with E-state index in [-0.39, 0.29) is 43.8 Å². The summed E-state index contributed by atoms with van der Waals surface area (Å²) in [5.41, 5.74) is 3.30. The fourth-order valence-corrected chi connectivity index (χ4v) is 6.50. The van der Waals surface area contributed by atoms with E-state index in [0.29, 0.717) is 5.56 Å². The molecular weight excluding hydrogens is 668 g/mol. The molecule has 2 N–H and O–H groups in total. The molecule has 3 aromatic carbocycles. The van der Waals surface area contributed by atoms with E-state index < -0.39 is 37.0 Å². The molecule has 0 fully saturated rings. The molecule has 230 valence electrons. The van der Waals surface area contributed by atoms with Gasteiger partial charge >= 0.3 is 10.1 Å². The number of nitrogens with one attached hydrogen (secondary N) is 2. The first-order chi connectivity index (χ1) is 20.1. The fourth-order valence-electron chi connectivity index (χ4n) is 3.69. The Kier molecular flexibility index (Phi) is 11.0. The zero-order valence-corrected chi connectivity index (χ0v) is 26.7. The van der Waals surface area contributed by atoms with Gasteiger partial charge in [0.2, 0.25) is 10.0 Å². The van der Waals surface area contributed by atoms with Gasteiger partial charge in [0.25, 0.3) is 11.6 Å². The molecule has 3 rings (SSSR count). The van der Waals surface area contributed by atoms with Gasteiger partial charge in [0.1, 0.15) is 10.9 Å². The minimum atomic E-state index is -4.39. The predicted molar refractivity (Wildman–Crippen MR) is 162 cm³/mol. The summed E-state index contributed by atoms with van der Waals surface area (Å²) in [6.07, 6.45) is 1.46. The summed E-state index contributed by atoms with van der Waals surface area (Å²) >= 11 is 3.24. The van der Waals surface area contributed by atoms with Gasteiger partial charge in [-0.1, -0.05) is 31.5 Å².